The Labute approximate surface area is 113 Å². The van der Waals surface area contributed by atoms with Gasteiger partial charge in [0.15, 0.2) is 0 Å². The Balaban J connectivity index is 0. The number of ether oxygens (including phenoxy) is 1. The highest BCUT2D eigenvalue weighted by Gasteiger charge is 2.12. The van der Waals surface area contributed by atoms with Gasteiger partial charge in [-0.2, -0.15) is 0 Å². The lowest BCUT2D eigenvalue weighted by Gasteiger charge is -2.10. The maximum absolute atomic E-state index is 11.1. The third-order valence-corrected chi connectivity index (χ3v) is 1.93. The van der Waals surface area contributed by atoms with E-state index in [2.05, 4.69) is 4.98 Å². The molecule has 0 saturated heterocycles. The molecule has 0 amide bonds. The van der Waals surface area contributed by atoms with Crippen LogP contribution < -0.4 is 11.5 Å². The molecule has 4 N–H and O–H groups in total. The SMILES string of the molecule is CCOC(=O)C[C@H](N)c1ccc(N)nc1.Cl.Cl. The first-order valence-electron chi connectivity index (χ1n) is 4.76. The van der Waals surface area contributed by atoms with Crippen LogP contribution in [0.3, 0.4) is 0 Å². The van der Waals surface area contributed by atoms with Crippen molar-refractivity contribution >= 4 is 36.6 Å². The lowest BCUT2D eigenvalue weighted by molar-refractivity contribution is -0.143. The van der Waals surface area contributed by atoms with Gasteiger partial charge in [0.05, 0.1) is 13.0 Å². The van der Waals surface area contributed by atoms with Gasteiger partial charge in [0.25, 0.3) is 0 Å². The van der Waals surface area contributed by atoms with Crippen molar-refractivity contribution in [3.63, 3.8) is 0 Å². The summed E-state index contributed by atoms with van der Waals surface area (Å²) < 4.78 is 4.79. The minimum absolute atomic E-state index is 0. The number of pyridine rings is 1. The van der Waals surface area contributed by atoms with E-state index in [1.165, 1.54) is 0 Å². The Hall–Kier alpha value is -1.04. The molecular weight excluding hydrogens is 265 g/mol. The van der Waals surface area contributed by atoms with Crippen LogP contribution in [0.1, 0.15) is 24.9 Å². The molecule has 1 aromatic heterocycles. The molecule has 1 aromatic rings. The zero-order valence-corrected chi connectivity index (χ0v) is 11.1. The van der Waals surface area contributed by atoms with Crippen LogP contribution in [0.15, 0.2) is 18.3 Å². The summed E-state index contributed by atoms with van der Waals surface area (Å²) in [4.78, 5) is 15.0. The standard InChI is InChI=1S/C10H15N3O2.2ClH/c1-2-15-10(14)5-8(11)7-3-4-9(12)13-6-7;;/h3-4,6,8H,2,5,11H2,1H3,(H2,12,13);2*1H/t8-;;/m0../s1. The number of nitrogens with zero attached hydrogens (tertiary/aromatic N) is 1. The van der Waals surface area contributed by atoms with Crippen LogP contribution in [-0.4, -0.2) is 17.6 Å². The Morgan fingerprint density at radius 2 is 2.12 bits per heavy atom. The molecule has 0 bridgehead atoms. The van der Waals surface area contributed by atoms with Gasteiger partial charge in [-0.25, -0.2) is 4.98 Å². The maximum Gasteiger partial charge on any atom is 0.307 e. The summed E-state index contributed by atoms with van der Waals surface area (Å²) in [5.41, 5.74) is 12.0. The molecule has 5 nitrogen and oxygen atoms in total. The third kappa shape index (κ3) is 6.31. The number of carbonyl (C=O) groups excluding carboxylic acids is 1. The molecular formula is C10H17Cl2N3O2. The number of anilines is 1. The van der Waals surface area contributed by atoms with Crippen LogP contribution in [0.5, 0.6) is 0 Å². The largest absolute Gasteiger partial charge is 0.466 e. The monoisotopic (exact) mass is 281 g/mol. The van der Waals surface area contributed by atoms with E-state index in [-0.39, 0.29) is 37.2 Å². The molecule has 0 aromatic carbocycles. The highest BCUT2D eigenvalue weighted by Crippen LogP contribution is 2.14. The summed E-state index contributed by atoms with van der Waals surface area (Å²) in [7, 11) is 0. The molecule has 0 aliphatic carbocycles. The van der Waals surface area contributed by atoms with E-state index in [4.69, 9.17) is 16.2 Å². The molecule has 0 saturated carbocycles. The van der Waals surface area contributed by atoms with E-state index in [0.29, 0.717) is 12.4 Å². The van der Waals surface area contributed by atoms with Gasteiger partial charge in [-0.3, -0.25) is 4.79 Å². The number of nitrogens with two attached hydrogens (primary N) is 2. The van der Waals surface area contributed by atoms with Gasteiger partial charge in [-0.05, 0) is 18.6 Å². The summed E-state index contributed by atoms with van der Waals surface area (Å²) in [5, 5.41) is 0. The van der Waals surface area contributed by atoms with Crippen molar-refractivity contribution in [2.75, 3.05) is 12.3 Å². The van der Waals surface area contributed by atoms with Gasteiger partial charge in [-0.1, -0.05) is 6.07 Å². The second kappa shape index (κ2) is 9.04. The molecule has 7 heteroatoms. The lowest BCUT2D eigenvalue weighted by Crippen LogP contribution is -2.17. The van der Waals surface area contributed by atoms with Crippen LogP contribution in [0.2, 0.25) is 0 Å². The van der Waals surface area contributed by atoms with Crippen molar-refractivity contribution in [2.24, 2.45) is 5.73 Å². The average Bonchev–Trinajstić information content (AvgIpc) is 2.18. The summed E-state index contributed by atoms with van der Waals surface area (Å²) in [5.74, 6) is 0.129. The molecule has 0 aliphatic heterocycles. The van der Waals surface area contributed by atoms with Gasteiger partial charge in [0, 0.05) is 12.2 Å². The van der Waals surface area contributed by atoms with E-state index in [1.807, 2.05) is 0 Å². The van der Waals surface area contributed by atoms with Crippen molar-refractivity contribution in [1.82, 2.24) is 4.98 Å². The first kappa shape index (κ1) is 18.3. The van der Waals surface area contributed by atoms with Crippen LogP contribution in [0.4, 0.5) is 5.82 Å². The van der Waals surface area contributed by atoms with Crippen molar-refractivity contribution < 1.29 is 9.53 Å². The average molecular weight is 282 g/mol. The highest BCUT2D eigenvalue weighted by atomic mass is 35.5. The van der Waals surface area contributed by atoms with Crippen molar-refractivity contribution in [3.8, 4) is 0 Å². The predicted octanol–water partition coefficient (Wildman–Crippen LogP) is 1.46. The van der Waals surface area contributed by atoms with Gasteiger partial charge in [0.1, 0.15) is 5.82 Å². The molecule has 0 spiro atoms. The van der Waals surface area contributed by atoms with Crippen LogP contribution in [-0.2, 0) is 9.53 Å². The fraction of sp³-hybridized carbons (Fsp3) is 0.400. The minimum Gasteiger partial charge on any atom is -0.466 e. The smallest absolute Gasteiger partial charge is 0.307 e. The first-order valence-corrected chi connectivity index (χ1v) is 4.76. The van der Waals surface area contributed by atoms with Crippen LogP contribution >= 0.6 is 24.8 Å². The Kier molecular flexibility index (Phi) is 9.74. The number of carbonyl (C=O) groups is 1. The number of nitrogen functional groups attached to an aromatic ring is 1. The summed E-state index contributed by atoms with van der Waals surface area (Å²) in [6.07, 6.45) is 1.72. The highest BCUT2D eigenvalue weighted by molar-refractivity contribution is 5.85. The van der Waals surface area contributed by atoms with E-state index < -0.39 is 6.04 Å². The predicted molar refractivity (Wildman–Crippen MR) is 71.3 cm³/mol. The number of halogens is 2. The van der Waals surface area contributed by atoms with Gasteiger partial charge < -0.3 is 16.2 Å². The van der Waals surface area contributed by atoms with Gasteiger partial charge in [-0.15, -0.1) is 24.8 Å². The molecule has 98 valence electrons. The Morgan fingerprint density at radius 3 is 2.59 bits per heavy atom. The maximum atomic E-state index is 11.1. The van der Waals surface area contributed by atoms with Crippen molar-refractivity contribution in [2.45, 2.75) is 19.4 Å². The molecule has 1 heterocycles. The van der Waals surface area contributed by atoms with E-state index >= 15 is 0 Å². The second-order valence-corrected chi connectivity index (χ2v) is 3.13. The lowest BCUT2D eigenvalue weighted by atomic mass is 10.1. The third-order valence-electron chi connectivity index (χ3n) is 1.93. The zero-order valence-electron chi connectivity index (χ0n) is 9.46. The number of rotatable bonds is 4. The van der Waals surface area contributed by atoms with Crippen molar-refractivity contribution in [3.05, 3.63) is 23.9 Å². The fourth-order valence-electron chi connectivity index (χ4n) is 1.15. The molecule has 17 heavy (non-hydrogen) atoms. The van der Waals surface area contributed by atoms with Crippen LogP contribution in [0, 0.1) is 0 Å². The number of aromatic nitrogens is 1. The van der Waals surface area contributed by atoms with Gasteiger partial charge >= 0.3 is 5.97 Å². The van der Waals surface area contributed by atoms with E-state index in [1.54, 1.807) is 25.3 Å². The normalized spacial score (nSPS) is 10.7. The van der Waals surface area contributed by atoms with Crippen LogP contribution in [0.25, 0.3) is 0 Å². The van der Waals surface area contributed by atoms with Gasteiger partial charge in [0.2, 0.25) is 0 Å². The van der Waals surface area contributed by atoms with E-state index in [0.717, 1.165) is 5.56 Å². The summed E-state index contributed by atoms with van der Waals surface area (Å²) >= 11 is 0. The Morgan fingerprint density at radius 1 is 1.47 bits per heavy atom. The molecule has 0 unspecified atom stereocenters. The molecule has 0 fully saturated rings. The Bertz CT molecular complexity index is 333. The number of esters is 1. The molecule has 0 radical (unpaired) electrons. The minimum atomic E-state index is -0.392. The fourth-order valence-corrected chi connectivity index (χ4v) is 1.15. The first-order chi connectivity index (χ1) is 7.13. The quantitative estimate of drug-likeness (QED) is 0.816. The topological polar surface area (TPSA) is 91.2 Å². The number of hydrogen-bond donors (Lipinski definition) is 2. The number of hydrogen-bond acceptors (Lipinski definition) is 5. The summed E-state index contributed by atoms with van der Waals surface area (Å²) in [6.45, 7) is 2.12. The van der Waals surface area contributed by atoms with Crippen molar-refractivity contribution in [1.29, 1.82) is 0 Å². The zero-order chi connectivity index (χ0) is 11.3. The summed E-state index contributed by atoms with van der Waals surface area (Å²) in [6, 6.07) is 3.02. The molecule has 1 atom stereocenters. The van der Waals surface area contributed by atoms with E-state index in [9.17, 15) is 4.79 Å². The second-order valence-electron chi connectivity index (χ2n) is 3.13. The molecule has 1 rings (SSSR count). The molecule has 0 aliphatic rings.